The maximum Gasteiger partial charge on any atom is 0.336 e. The van der Waals surface area contributed by atoms with Gasteiger partial charge in [0.1, 0.15) is 0 Å². The van der Waals surface area contributed by atoms with Crippen LogP contribution in [0.25, 0.3) is 0 Å². The molecule has 0 bridgehead atoms. The van der Waals surface area contributed by atoms with Crippen LogP contribution in [0.15, 0.2) is 23.5 Å². The lowest BCUT2D eigenvalue weighted by Gasteiger charge is -2.10. The van der Waals surface area contributed by atoms with Gasteiger partial charge in [-0.2, -0.15) is 0 Å². The van der Waals surface area contributed by atoms with Crippen LogP contribution in [0.5, 0.6) is 0 Å². The van der Waals surface area contributed by atoms with Crippen LogP contribution in [0.4, 0.5) is 0 Å². The molecule has 3 unspecified atom stereocenters. The normalized spacial score (nSPS) is 36.4. The second-order valence-corrected chi connectivity index (χ2v) is 4.95. The summed E-state index contributed by atoms with van der Waals surface area (Å²) in [5.41, 5.74) is 1.21. The molecule has 1 saturated heterocycles. The topological polar surface area (TPSA) is 64.6 Å². The summed E-state index contributed by atoms with van der Waals surface area (Å²) in [6.45, 7) is 1.67. The predicted octanol–water partition coefficient (Wildman–Crippen LogP) is 1.01. The van der Waals surface area contributed by atoms with Crippen molar-refractivity contribution in [3.8, 4) is 0 Å². The van der Waals surface area contributed by atoms with Crippen LogP contribution >= 0.6 is 0 Å². The van der Waals surface area contributed by atoms with E-state index in [1.165, 1.54) is 6.26 Å². The van der Waals surface area contributed by atoms with Gasteiger partial charge in [0.05, 0.1) is 11.8 Å². The Bertz CT molecular complexity index is 466. The molecule has 2 fully saturated rings. The minimum Gasteiger partial charge on any atom is -0.458 e. The summed E-state index contributed by atoms with van der Waals surface area (Å²) < 4.78 is 10.3. The molecular weight excluding hydrogens is 234 g/mol. The van der Waals surface area contributed by atoms with Gasteiger partial charge in [-0.3, -0.25) is 4.79 Å². The first-order valence-electron chi connectivity index (χ1n) is 6.21. The fraction of sp³-hybridized carbons (Fsp3) is 0.538. The van der Waals surface area contributed by atoms with Crippen molar-refractivity contribution in [2.45, 2.75) is 38.5 Å². The maximum absolute atomic E-state index is 11.7. The molecular formula is C13H15NO4. The Morgan fingerprint density at radius 1 is 1.44 bits per heavy atom. The number of rotatable bonds is 2. The van der Waals surface area contributed by atoms with Gasteiger partial charge in [-0.15, -0.1) is 0 Å². The Hall–Kier alpha value is -1.78. The predicted molar refractivity (Wildman–Crippen MR) is 62.1 cm³/mol. The lowest BCUT2D eigenvalue weighted by molar-refractivity contribution is -0.152. The first-order chi connectivity index (χ1) is 8.65. The van der Waals surface area contributed by atoms with E-state index in [1.54, 1.807) is 13.0 Å². The summed E-state index contributed by atoms with van der Waals surface area (Å²) in [7, 11) is 0. The molecule has 5 nitrogen and oxygen atoms in total. The maximum atomic E-state index is 11.7. The third-order valence-corrected chi connectivity index (χ3v) is 3.75. The number of carbonyl (C=O) groups excluding carboxylic acids is 2. The smallest absolute Gasteiger partial charge is 0.336 e. The van der Waals surface area contributed by atoms with Gasteiger partial charge in [-0.05, 0) is 19.8 Å². The van der Waals surface area contributed by atoms with E-state index in [1.807, 2.05) is 0 Å². The molecule has 0 aromatic rings. The lowest BCUT2D eigenvalue weighted by Crippen LogP contribution is -2.25. The van der Waals surface area contributed by atoms with Crippen molar-refractivity contribution in [2.24, 2.45) is 5.92 Å². The molecule has 2 heterocycles. The highest BCUT2D eigenvalue weighted by atomic mass is 16.7. The fourth-order valence-electron chi connectivity index (χ4n) is 2.78. The molecule has 3 aliphatic rings. The molecule has 3 atom stereocenters. The Labute approximate surface area is 105 Å². The highest BCUT2D eigenvalue weighted by molar-refractivity contribution is 5.96. The Morgan fingerprint density at radius 2 is 2.28 bits per heavy atom. The van der Waals surface area contributed by atoms with Gasteiger partial charge in [-0.1, -0.05) is 6.42 Å². The van der Waals surface area contributed by atoms with Gasteiger partial charge in [0.15, 0.2) is 0 Å². The molecule has 5 heteroatoms. The summed E-state index contributed by atoms with van der Waals surface area (Å²) in [5.74, 6) is -0.178. The number of carbonyl (C=O) groups is 2. The van der Waals surface area contributed by atoms with Crippen molar-refractivity contribution < 1.29 is 19.1 Å². The van der Waals surface area contributed by atoms with E-state index in [0.717, 1.165) is 19.3 Å². The van der Waals surface area contributed by atoms with Gasteiger partial charge in [0.2, 0.25) is 0 Å². The van der Waals surface area contributed by atoms with E-state index in [2.05, 4.69) is 5.32 Å². The molecule has 0 radical (unpaired) electrons. The minimum absolute atomic E-state index is 0.0604. The number of amides is 1. The van der Waals surface area contributed by atoms with Crippen molar-refractivity contribution >= 4 is 11.9 Å². The zero-order valence-electron chi connectivity index (χ0n) is 10.1. The van der Waals surface area contributed by atoms with E-state index in [9.17, 15) is 9.59 Å². The van der Waals surface area contributed by atoms with Crippen molar-refractivity contribution in [1.82, 2.24) is 5.32 Å². The first-order valence-corrected chi connectivity index (χ1v) is 6.21. The number of cyclic esters (lactones) is 1. The average molecular weight is 249 g/mol. The molecule has 0 spiro atoms. The van der Waals surface area contributed by atoms with Crippen molar-refractivity contribution in [3.05, 3.63) is 23.5 Å². The van der Waals surface area contributed by atoms with Crippen LogP contribution in [0.1, 0.15) is 26.2 Å². The zero-order valence-corrected chi connectivity index (χ0v) is 10.1. The largest absolute Gasteiger partial charge is 0.458 e. The van der Waals surface area contributed by atoms with E-state index < -0.39 is 6.29 Å². The summed E-state index contributed by atoms with van der Waals surface area (Å²) in [4.78, 5) is 22.9. The summed E-state index contributed by atoms with van der Waals surface area (Å²) in [6, 6.07) is 0.260. The molecule has 1 saturated carbocycles. The van der Waals surface area contributed by atoms with Crippen molar-refractivity contribution in [3.63, 3.8) is 0 Å². The number of ether oxygens (including phenoxy) is 2. The summed E-state index contributed by atoms with van der Waals surface area (Å²) >= 11 is 0. The Morgan fingerprint density at radius 3 is 3.00 bits per heavy atom. The van der Waals surface area contributed by atoms with E-state index in [0.29, 0.717) is 11.1 Å². The molecule has 0 aromatic carbocycles. The molecule has 96 valence electrons. The molecule has 1 N–H and O–H groups in total. The fourth-order valence-corrected chi connectivity index (χ4v) is 2.78. The molecule has 3 rings (SSSR count). The standard InChI is InChI=1S/C13H15NO4/c1-7-5-11(18-13(7)16)17-6-9-8-3-2-4-10(8)14-12(9)15/h5-6,8,10-11H,2-4H2,1H3,(H,14,15)/b9-6+. The Balaban J connectivity index is 1.69. The van der Waals surface area contributed by atoms with Crippen LogP contribution in [-0.2, 0) is 19.1 Å². The van der Waals surface area contributed by atoms with E-state index in [-0.39, 0.29) is 23.8 Å². The van der Waals surface area contributed by atoms with Gasteiger partial charge >= 0.3 is 5.97 Å². The second-order valence-electron chi connectivity index (χ2n) is 4.95. The van der Waals surface area contributed by atoms with Gasteiger partial charge in [-0.25, -0.2) is 4.79 Å². The lowest BCUT2D eigenvalue weighted by atomic mass is 10.00. The second kappa shape index (κ2) is 4.15. The van der Waals surface area contributed by atoms with Crippen LogP contribution in [0.3, 0.4) is 0 Å². The highest BCUT2D eigenvalue weighted by Gasteiger charge is 2.40. The summed E-state index contributed by atoms with van der Waals surface area (Å²) in [6.07, 6.45) is 5.54. The molecule has 0 aromatic heterocycles. The van der Waals surface area contributed by atoms with Gasteiger partial charge in [0.25, 0.3) is 12.2 Å². The molecule has 18 heavy (non-hydrogen) atoms. The van der Waals surface area contributed by atoms with Crippen molar-refractivity contribution in [1.29, 1.82) is 0 Å². The number of esters is 1. The van der Waals surface area contributed by atoms with Crippen molar-refractivity contribution in [2.75, 3.05) is 0 Å². The minimum atomic E-state index is -0.696. The number of hydrogen-bond acceptors (Lipinski definition) is 4. The molecule has 2 aliphatic heterocycles. The van der Waals surface area contributed by atoms with Gasteiger partial charge < -0.3 is 14.8 Å². The highest BCUT2D eigenvalue weighted by Crippen LogP contribution is 2.36. The first kappa shape index (κ1) is 11.3. The van der Waals surface area contributed by atoms with Crippen LogP contribution < -0.4 is 5.32 Å². The Kier molecular flexibility index (Phi) is 2.61. The number of hydrogen-bond donors (Lipinski definition) is 1. The average Bonchev–Trinajstić information content (AvgIpc) is 2.94. The van der Waals surface area contributed by atoms with Crippen LogP contribution in [0, 0.1) is 5.92 Å². The van der Waals surface area contributed by atoms with E-state index >= 15 is 0 Å². The quantitative estimate of drug-likeness (QED) is 0.451. The number of fused-ring (bicyclic) bond motifs is 1. The third kappa shape index (κ3) is 1.79. The SMILES string of the molecule is CC1=CC(O/C=C2/C(=O)NC3CCCC23)OC1=O. The molecule has 1 aliphatic carbocycles. The molecule has 1 amide bonds. The monoisotopic (exact) mass is 249 g/mol. The van der Waals surface area contributed by atoms with Crippen LogP contribution in [-0.4, -0.2) is 24.2 Å². The zero-order chi connectivity index (χ0) is 12.7. The third-order valence-electron chi connectivity index (χ3n) is 3.75. The van der Waals surface area contributed by atoms with E-state index in [4.69, 9.17) is 9.47 Å². The number of nitrogens with one attached hydrogen (secondary N) is 1. The summed E-state index contributed by atoms with van der Waals surface area (Å²) in [5, 5.41) is 2.95. The van der Waals surface area contributed by atoms with Gasteiger partial charge in [0, 0.05) is 23.6 Å². The van der Waals surface area contributed by atoms with Crippen LogP contribution in [0.2, 0.25) is 0 Å².